The minimum absolute atomic E-state index is 0.501. The molecule has 0 bridgehead atoms. The Morgan fingerprint density at radius 2 is 1.11 bits per heavy atom. The quantitative estimate of drug-likeness (QED) is 0.189. The predicted octanol–water partition coefficient (Wildman–Crippen LogP) is 8.54. The highest BCUT2D eigenvalue weighted by Gasteiger charge is 2.06. The summed E-state index contributed by atoms with van der Waals surface area (Å²) in [5, 5.41) is 8.51. The monoisotopic (exact) mass is 606 g/mol. The van der Waals surface area contributed by atoms with Crippen LogP contribution in [0.25, 0.3) is 32.8 Å². The molecule has 0 saturated heterocycles. The van der Waals surface area contributed by atoms with Crippen molar-refractivity contribution in [1.29, 1.82) is 0 Å². The second-order valence-electron chi connectivity index (χ2n) is 11.6. The van der Waals surface area contributed by atoms with Gasteiger partial charge >= 0.3 is 0 Å². The van der Waals surface area contributed by atoms with E-state index in [4.69, 9.17) is 0 Å². The molecule has 0 aliphatic heterocycles. The van der Waals surface area contributed by atoms with Gasteiger partial charge < -0.3 is 0 Å². The highest BCUT2D eigenvalue weighted by Crippen LogP contribution is 2.26. The van der Waals surface area contributed by atoms with Gasteiger partial charge in [0.1, 0.15) is 0 Å². The van der Waals surface area contributed by atoms with Crippen molar-refractivity contribution < 1.29 is 0 Å². The molecule has 0 saturated carbocycles. The van der Waals surface area contributed by atoms with E-state index >= 15 is 0 Å². The summed E-state index contributed by atoms with van der Waals surface area (Å²) in [6.07, 6.45) is 19.1. The van der Waals surface area contributed by atoms with Crippen LogP contribution in [0.2, 0.25) is 0 Å². The van der Waals surface area contributed by atoms with Crippen molar-refractivity contribution in [2.75, 3.05) is 0 Å². The van der Waals surface area contributed by atoms with Crippen molar-refractivity contribution in [1.82, 2.24) is 39.5 Å². The first kappa shape index (κ1) is 32.4. The van der Waals surface area contributed by atoms with E-state index in [0.29, 0.717) is 17.8 Å². The molecule has 8 nitrogen and oxygen atoms in total. The van der Waals surface area contributed by atoms with Crippen LogP contribution in [0.1, 0.15) is 76.0 Å². The summed E-state index contributed by atoms with van der Waals surface area (Å²) in [7, 11) is 3.84. The maximum absolute atomic E-state index is 4.36. The molecule has 6 heterocycles. The van der Waals surface area contributed by atoms with Gasteiger partial charge in [-0.1, -0.05) is 41.5 Å². The fraction of sp³-hybridized carbons (Fsp3) is 0.314. The third kappa shape index (κ3) is 9.00. The Morgan fingerprint density at radius 3 is 1.59 bits per heavy atom. The van der Waals surface area contributed by atoms with Crippen molar-refractivity contribution in [3.63, 3.8) is 0 Å². The lowest BCUT2D eigenvalue weighted by atomic mass is 10.0. The molecule has 0 spiro atoms. The summed E-state index contributed by atoms with van der Waals surface area (Å²) in [6, 6.07) is 8.51. The molecule has 0 aromatic carbocycles. The predicted molar refractivity (Wildman–Crippen MR) is 180 cm³/mol. The summed E-state index contributed by atoms with van der Waals surface area (Å²) in [5.41, 5.74) is 11.1. The Hall–Kier alpha value is -4.50. The minimum Gasteiger partial charge on any atom is -0.275 e. The lowest BCUT2D eigenvalue weighted by Gasteiger charge is -2.05. The van der Waals surface area contributed by atoms with Crippen molar-refractivity contribution in [3.8, 4) is 32.8 Å². The van der Waals surface area contributed by atoms with Crippen LogP contribution in [0, 0.1) is 0 Å². The lowest BCUT2D eigenvalue weighted by Crippen LogP contribution is -1.92. The van der Waals surface area contributed by atoms with Crippen LogP contribution in [0.3, 0.4) is 0 Å². The molecule has 0 aliphatic rings. The Labute approximate surface area is 264 Å². The first-order chi connectivity index (χ1) is 21.1. The van der Waals surface area contributed by atoms with Crippen LogP contribution in [-0.4, -0.2) is 39.5 Å². The Bertz CT molecular complexity index is 1640. The maximum Gasteiger partial charge on any atom is 0.0938 e. The van der Waals surface area contributed by atoms with Gasteiger partial charge in [0.2, 0.25) is 0 Å². The number of hydrogen-bond acceptors (Lipinski definition) is 7. The van der Waals surface area contributed by atoms with Crippen LogP contribution >= 0.6 is 11.3 Å². The van der Waals surface area contributed by atoms with E-state index in [9.17, 15) is 0 Å². The van der Waals surface area contributed by atoms with Gasteiger partial charge in [0.05, 0.1) is 22.3 Å². The van der Waals surface area contributed by atoms with E-state index in [1.165, 1.54) is 27.1 Å². The molecule has 0 fully saturated rings. The summed E-state index contributed by atoms with van der Waals surface area (Å²) in [4.78, 5) is 18.0. The molecule has 0 unspecified atom stereocenters. The molecule has 0 aliphatic carbocycles. The zero-order valence-electron chi connectivity index (χ0n) is 26.9. The van der Waals surface area contributed by atoms with Gasteiger partial charge in [-0.05, 0) is 58.7 Å². The number of thiazole rings is 1. The number of aryl methyl sites for hydroxylation is 2. The van der Waals surface area contributed by atoms with Gasteiger partial charge in [-0.15, -0.1) is 11.3 Å². The second kappa shape index (κ2) is 15.3. The van der Waals surface area contributed by atoms with Crippen LogP contribution < -0.4 is 0 Å². The highest BCUT2D eigenvalue weighted by atomic mass is 32.1. The number of hydrogen-bond donors (Lipinski definition) is 0. The Kier molecular flexibility index (Phi) is 11.3. The van der Waals surface area contributed by atoms with Crippen LogP contribution in [0.4, 0.5) is 0 Å². The van der Waals surface area contributed by atoms with E-state index in [1.807, 2.05) is 87.6 Å². The zero-order valence-corrected chi connectivity index (χ0v) is 27.7. The Balaban J connectivity index is 0.000000151. The number of rotatable bonds is 6. The van der Waals surface area contributed by atoms with Gasteiger partial charge in [-0.2, -0.15) is 10.2 Å². The van der Waals surface area contributed by atoms with Crippen molar-refractivity contribution in [2.24, 2.45) is 14.1 Å². The van der Waals surface area contributed by atoms with Gasteiger partial charge in [0, 0.05) is 92.1 Å². The second-order valence-corrected chi connectivity index (χ2v) is 12.5. The molecular formula is C35H42N8S. The first-order valence-electron chi connectivity index (χ1n) is 14.8. The number of aromatic nitrogens is 8. The average molecular weight is 607 g/mol. The van der Waals surface area contributed by atoms with Crippen molar-refractivity contribution in [3.05, 3.63) is 108 Å². The van der Waals surface area contributed by atoms with E-state index in [2.05, 4.69) is 89.9 Å². The fourth-order valence-corrected chi connectivity index (χ4v) is 4.86. The molecule has 228 valence electrons. The molecule has 0 radical (unpaired) electrons. The van der Waals surface area contributed by atoms with Gasteiger partial charge in [0.25, 0.3) is 0 Å². The molecule has 6 rings (SSSR count). The summed E-state index contributed by atoms with van der Waals surface area (Å²) < 4.78 is 3.61. The van der Waals surface area contributed by atoms with Gasteiger partial charge in [-0.3, -0.25) is 29.3 Å². The molecule has 6 aromatic rings. The molecule has 0 atom stereocenters. The SMILES string of the molecule is CC(C)c1cncc(-c2ccn(C)n2)c1.CC(C)c1cncc(-c2cncs2)c1.CC(C)c1cncc(-c2cnn(C)c2)c1. The molecule has 0 amide bonds. The lowest BCUT2D eigenvalue weighted by molar-refractivity contribution is 0.768. The molecule has 6 aromatic heterocycles. The van der Waals surface area contributed by atoms with Crippen LogP contribution in [0.15, 0.2) is 91.7 Å². The zero-order chi connectivity index (χ0) is 31.6. The maximum atomic E-state index is 4.36. The summed E-state index contributed by atoms with van der Waals surface area (Å²) in [6.45, 7) is 13.0. The van der Waals surface area contributed by atoms with E-state index in [-0.39, 0.29) is 0 Å². The van der Waals surface area contributed by atoms with Gasteiger partial charge in [0.15, 0.2) is 0 Å². The Morgan fingerprint density at radius 1 is 0.568 bits per heavy atom. The van der Waals surface area contributed by atoms with Crippen molar-refractivity contribution in [2.45, 2.75) is 59.3 Å². The summed E-state index contributed by atoms with van der Waals surface area (Å²) in [5.74, 6) is 1.53. The van der Waals surface area contributed by atoms with Gasteiger partial charge in [-0.25, -0.2) is 0 Å². The minimum atomic E-state index is 0.501. The third-order valence-corrected chi connectivity index (χ3v) is 7.86. The van der Waals surface area contributed by atoms with Crippen LogP contribution in [0.5, 0.6) is 0 Å². The van der Waals surface area contributed by atoms with E-state index in [1.54, 1.807) is 20.7 Å². The fourth-order valence-electron chi connectivity index (χ4n) is 4.25. The standard InChI is InChI=1S/2C12H15N3.C11H12N2S/c1-9(2)10-4-11(6-13-5-10)12-7-14-15(3)8-12;1-9(2)10-6-11(8-13-7-10)12-4-5-15(3)14-12;1-8(2)9-3-10(5-12-4-9)11-6-13-7-14-11/h2*4-9H,1-3H3;3-8H,1-2H3. The largest absolute Gasteiger partial charge is 0.275 e. The average Bonchev–Trinajstić information content (AvgIpc) is 3.81. The molecule has 0 N–H and O–H groups in total. The highest BCUT2D eigenvalue weighted by molar-refractivity contribution is 7.13. The van der Waals surface area contributed by atoms with E-state index < -0.39 is 0 Å². The van der Waals surface area contributed by atoms with Crippen molar-refractivity contribution >= 4 is 11.3 Å². The van der Waals surface area contributed by atoms with E-state index in [0.717, 1.165) is 22.4 Å². The number of nitrogens with zero attached hydrogens (tertiary/aromatic N) is 8. The topological polar surface area (TPSA) is 87.2 Å². The third-order valence-electron chi connectivity index (χ3n) is 7.04. The molecular weight excluding hydrogens is 565 g/mol. The van der Waals surface area contributed by atoms with Crippen LogP contribution in [-0.2, 0) is 14.1 Å². The number of pyridine rings is 3. The summed E-state index contributed by atoms with van der Waals surface area (Å²) >= 11 is 1.65. The normalized spacial score (nSPS) is 10.9. The molecule has 44 heavy (non-hydrogen) atoms. The molecule has 9 heteroatoms. The first-order valence-corrected chi connectivity index (χ1v) is 15.7. The smallest absolute Gasteiger partial charge is 0.0938 e.